The van der Waals surface area contributed by atoms with Crippen molar-refractivity contribution in [3.63, 3.8) is 0 Å². The van der Waals surface area contributed by atoms with Crippen LogP contribution in [0.3, 0.4) is 0 Å². The van der Waals surface area contributed by atoms with Gasteiger partial charge in [0, 0.05) is 19.8 Å². The van der Waals surface area contributed by atoms with Gasteiger partial charge in [-0.25, -0.2) is 4.79 Å². The predicted molar refractivity (Wildman–Crippen MR) is 154 cm³/mol. The zero-order valence-electron chi connectivity index (χ0n) is 24.8. The largest absolute Gasteiger partial charge is 0.481 e. The number of hydrogen-bond donors (Lipinski definition) is 8. The molecule has 9 N–H and O–H groups in total. The Bertz CT molecular complexity index is 1210. The highest BCUT2D eigenvalue weighted by Crippen LogP contribution is 2.09. The standard InChI is InChI=1S/C28H40N6O10/c1-15(2)11-19(26(41)34-21(28(43)44)12-17-7-5-4-6-8-17)33-27(42)20(13-24(38)39)32-23(37)14-30-25(40)18(31-16(3)35)9-10-22(29)36/h4-8,15,18-21H,9-14H2,1-3H3,(H2,29,36)(H,30,40)(H,31,35)(H,32,37)(H,33,42)(H,34,41)(H,38,39)(H,43,44)/t18-,19-,20-,21-/m0/s1. The third-order valence-corrected chi connectivity index (χ3v) is 6.06. The normalized spacial score (nSPS) is 13.4. The number of benzene rings is 1. The second-order valence-electron chi connectivity index (χ2n) is 10.5. The molecule has 242 valence electrons. The Labute approximate surface area is 253 Å². The number of aliphatic carboxylic acids is 2. The van der Waals surface area contributed by atoms with Crippen molar-refractivity contribution >= 4 is 47.4 Å². The van der Waals surface area contributed by atoms with Crippen LogP contribution in [0.25, 0.3) is 0 Å². The summed E-state index contributed by atoms with van der Waals surface area (Å²) in [5, 5.41) is 30.5. The average molecular weight is 621 g/mol. The SMILES string of the molecule is CC(=O)N[C@@H](CCC(N)=O)C(=O)NCC(=O)N[C@@H](CC(=O)O)C(=O)N[C@@H](CC(C)C)C(=O)N[C@@H](Cc1ccccc1)C(=O)O. The predicted octanol–water partition coefficient (Wildman–Crippen LogP) is -1.82. The quantitative estimate of drug-likeness (QED) is 0.0858. The fraction of sp³-hybridized carbons (Fsp3) is 0.500. The van der Waals surface area contributed by atoms with Gasteiger partial charge in [-0.2, -0.15) is 0 Å². The van der Waals surface area contributed by atoms with Gasteiger partial charge in [-0.15, -0.1) is 0 Å². The van der Waals surface area contributed by atoms with E-state index in [1.54, 1.807) is 44.2 Å². The highest BCUT2D eigenvalue weighted by atomic mass is 16.4. The van der Waals surface area contributed by atoms with Crippen LogP contribution >= 0.6 is 0 Å². The fourth-order valence-corrected chi connectivity index (χ4v) is 4.02. The van der Waals surface area contributed by atoms with Crippen molar-refractivity contribution in [1.82, 2.24) is 26.6 Å². The van der Waals surface area contributed by atoms with Crippen LogP contribution in [-0.4, -0.2) is 88.3 Å². The summed E-state index contributed by atoms with van der Waals surface area (Å²) in [7, 11) is 0. The number of carbonyl (C=O) groups is 8. The second kappa shape index (κ2) is 18.5. The number of rotatable bonds is 19. The third kappa shape index (κ3) is 14.7. The van der Waals surface area contributed by atoms with Gasteiger partial charge in [0.05, 0.1) is 13.0 Å². The molecule has 16 nitrogen and oxygen atoms in total. The smallest absolute Gasteiger partial charge is 0.326 e. The summed E-state index contributed by atoms with van der Waals surface area (Å²) in [6.45, 7) is 3.93. The van der Waals surface area contributed by atoms with Crippen LogP contribution in [0.5, 0.6) is 0 Å². The Balaban J connectivity index is 2.96. The molecule has 0 aliphatic heterocycles. The molecule has 0 bridgehead atoms. The Morgan fingerprint density at radius 1 is 0.773 bits per heavy atom. The van der Waals surface area contributed by atoms with E-state index in [2.05, 4.69) is 26.6 Å². The first-order valence-electron chi connectivity index (χ1n) is 13.8. The van der Waals surface area contributed by atoms with Crippen molar-refractivity contribution < 1.29 is 48.6 Å². The first-order valence-corrected chi connectivity index (χ1v) is 13.8. The van der Waals surface area contributed by atoms with Gasteiger partial charge in [0.1, 0.15) is 24.2 Å². The number of carboxylic acids is 2. The van der Waals surface area contributed by atoms with Gasteiger partial charge in [-0.05, 0) is 24.3 Å². The molecule has 1 aromatic rings. The Kier molecular flexibility index (Phi) is 15.6. The van der Waals surface area contributed by atoms with Crippen LogP contribution in [0.4, 0.5) is 0 Å². The zero-order chi connectivity index (χ0) is 33.4. The van der Waals surface area contributed by atoms with E-state index in [0.717, 1.165) is 6.92 Å². The van der Waals surface area contributed by atoms with E-state index >= 15 is 0 Å². The molecule has 0 heterocycles. The summed E-state index contributed by atoms with van der Waals surface area (Å²) in [4.78, 5) is 96.9. The lowest BCUT2D eigenvalue weighted by Crippen LogP contribution is -2.57. The number of carboxylic acid groups (broad SMARTS) is 2. The van der Waals surface area contributed by atoms with Crippen LogP contribution in [0.1, 0.15) is 52.0 Å². The van der Waals surface area contributed by atoms with Crippen LogP contribution in [0, 0.1) is 5.92 Å². The van der Waals surface area contributed by atoms with Crippen molar-refractivity contribution in [3.8, 4) is 0 Å². The summed E-state index contributed by atoms with van der Waals surface area (Å²) >= 11 is 0. The number of carbonyl (C=O) groups excluding carboxylic acids is 6. The van der Waals surface area contributed by atoms with Crippen molar-refractivity contribution in [2.24, 2.45) is 11.7 Å². The highest BCUT2D eigenvalue weighted by molar-refractivity contribution is 5.96. The Hall–Kier alpha value is -5.02. The molecule has 0 aliphatic rings. The molecule has 6 amide bonds. The number of amides is 6. The van der Waals surface area contributed by atoms with Crippen molar-refractivity contribution in [2.75, 3.05) is 6.54 Å². The summed E-state index contributed by atoms with van der Waals surface area (Å²) in [5.74, 6) is -7.83. The minimum atomic E-state index is -1.67. The van der Waals surface area contributed by atoms with Crippen molar-refractivity contribution in [1.29, 1.82) is 0 Å². The molecule has 0 unspecified atom stereocenters. The average Bonchev–Trinajstić information content (AvgIpc) is 2.92. The van der Waals surface area contributed by atoms with Gasteiger partial charge in [0.25, 0.3) is 0 Å². The van der Waals surface area contributed by atoms with E-state index in [0.29, 0.717) is 5.56 Å². The third-order valence-electron chi connectivity index (χ3n) is 6.06. The molecule has 0 saturated carbocycles. The molecule has 4 atom stereocenters. The lowest BCUT2D eigenvalue weighted by molar-refractivity contribution is -0.143. The summed E-state index contributed by atoms with van der Waals surface area (Å²) in [5.41, 5.74) is 5.73. The molecule has 16 heteroatoms. The molecule has 0 radical (unpaired) electrons. The molecule has 1 rings (SSSR count). The molecule has 0 aliphatic carbocycles. The molecule has 0 saturated heterocycles. The van der Waals surface area contributed by atoms with Gasteiger partial charge in [-0.1, -0.05) is 44.2 Å². The molecule has 0 spiro atoms. The molecule has 44 heavy (non-hydrogen) atoms. The lowest BCUT2D eigenvalue weighted by atomic mass is 10.0. The molecule has 0 aromatic heterocycles. The molecular formula is C28H40N6O10. The van der Waals surface area contributed by atoms with Crippen molar-refractivity contribution in [3.05, 3.63) is 35.9 Å². The fourth-order valence-electron chi connectivity index (χ4n) is 4.02. The highest BCUT2D eigenvalue weighted by Gasteiger charge is 2.31. The Morgan fingerprint density at radius 2 is 1.36 bits per heavy atom. The van der Waals surface area contributed by atoms with Crippen LogP contribution in [0.2, 0.25) is 0 Å². The maximum absolute atomic E-state index is 13.1. The van der Waals surface area contributed by atoms with Crippen LogP contribution in [0.15, 0.2) is 30.3 Å². The van der Waals surface area contributed by atoms with Crippen molar-refractivity contribution in [2.45, 2.75) is 77.0 Å². The number of nitrogens with one attached hydrogen (secondary N) is 5. The van der Waals surface area contributed by atoms with E-state index in [1.807, 2.05) is 0 Å². The summed E-state index contributed by atoms with van der Waals surface area (Å²) in [6.07, 6.45) is -1.20. The molecule has 0 fully saturated rings. The monoisotopic (exact) mass is 620 g/mol. The van der Waals surface area contributed by atoms with Gasteiger partial charge >= 0.3 is 11.9 Å². The first kappa shape index (κ1) is 37.0. The molecule has 1 aromatic carbocycles. The van der Waals surface area contributed by atoms with E-state index in [4.69, 9.17) is 5.73 Å². The number of primary amides is 1. The van der Waals surface area contributed by atoms with Gasteiger partial charge in [-0.3, -0.25) is 33.6 Å². The van der Waals surface area contributed by atoms with Crippen LogP contribution in [-0.2, 0) is 44.8 Å². The van der Waals surface area contributed by atoms with Crippen LogP contribution < -0.4 is 32.3 Å². The summed E-state index contributed by atoms with van der Waals surface area (Å²) < 4.78 is 0. The van der Waals surface area contributed by atoms with E-state index in [9.17, 15) is 48.6 Å². The summed E-state index contributed by atoms with van der Waals surface area (Å²) in [6, 6.07) is 3.13. The van der Waals surface area contributed by atoms with Gasteiger partial charge in [0.2, 0.25) is 35.4 Å². The topological polar surface area (TPSA) is 263 Å². The lowest BCUT2D eigenvalue weighted by Gasteiger charge is -2.25. The number of nitrogens with two attached hydrogens (primary N) is 1. The van der Waals surface area contributed by atoms with Gasteiger partial charge < -0.3 is 42.5 Å². The minimum absolute atomic E-state index is 0.0288. The minimum Gasteiger partial charge on any atom is -0.481 e. The second-order valence-corrected chi connectivity index (χ2v) is 10.5. The van der Waals surface area contributed by atoms with E-state index in [1.165, 1.54) is 0 Å². The maximum atomic E-state index is 13.1. The first-order chi connectivity index (χ1) is 20.6. The van der Waals surface area contributed by atoms with E-state index in [-0.39, 0.29) is 31.6 Å². The van der Waals surface area contributed by atoms with Gasteiger partial charge in [0.15, 0.2) is 0 Å². The number of hydrogen-bond acceptors (Lipinski definition) is 8. The molecular weight excluding hydrogens is 580 g/mol. The zero-order valence-corrected chi connectivity index (χ0v) is 24.8. The van der Waals surface area contributed by atoms with E-state index < -0.39 is 84.5 Å². The maximum Gasteiger partial charge on any atom is 0.326 e. The Morgan fingerprint density at radius 3 is 1.89 bits per heavy atom.